The molecule has 3 aliphatic heterocycles. The van der Waals surface area contributed by atoms with Crippen molar-refractivity contribution in [2.75, 3.05) is 47.8 Å². The lowest BCUT2D eigenvalue weighted by Gasteiger charge is -2.44. The number of aryl methyl sites for hydroxylation is 1. The van der Waals surface area contributed by atoms with E-state index in [9.17, 15) is 24.4 Å². The van der Waals surface area contributed by atoms with Gasteiger partial charge in [0.05, 0.1) is 34.0 Å². The van der Waals surface area contributed by atoms with E-state index in [-0.39, 0.29) is 67.8 Å². The molecule has 4 heterocycles. The molecule has 58 heavy (non-hydrogen) atoms. The van der Waals surface area contributed by atoms with E-state index in [0.29, 0.717) is 44.3 Å². The molecule has 7 rings (SSSR count). The summed E-state index contributed by atoms with van der Waals surface area (Å²) < 4.78 is 1.66. The third-order valence-electron chi connectivity index (χ3n) is 12.3. The largest absolute Gasteiger partial charge is 0.331 e. The molecular weight excluding hydrogens is 799 g/mol. The van der Waals surface area contributed by atoms with Crippen molar-refractivity contribution in [3.05, 3.63) is 47.0 Å². The third-order valence-corrected chi connectivity index (χ3v) is 12.9. The van der Waals surface area contributed by atoms with Crippen LogP contribution in [0.2, 0.25) is 5.02 Å². The predicted molar refractivity (Wildman–Crippen MR) is 231 cm³/mol. The van der Waals surface area contributed by atoms with Crippen LogP contribution >= 0.6 is 36.2 Å². The third kappa shape index (κ3) is 8.40. The number of nitriles is 1. The average molecular weight is 852 g/mol. The summed E-state index contributed by atoms with van der Waals surface area (Å²) in [5.74, 6) is 0.587. The Morgan fingerprint density at radius 1 is 1.09 bits per heavy atom. The van der Waals surface area contributed by atoms with Crippen LogP contribution in [0.3, 0.4) is 0 Å². The number of carbonyl (C=O) groups is 4. The van der Waals surface area contributed by atoms with Crippen molar-refractivity contribution in [3.63, 3.8) is 0 Å². The van der Waals surface area contributed by atoms with Crippen LogP contribution < -0.4 is 20.4 Å². The first-order valence-corrected chi connectivity index (χ1v) is 20.7. The van der Waals surface area contributed by atoms with Crippen LogP contribution in [0.1, 0.15) is 78.2 Å². The van der Waals surface area contributed by atoms with Gasteiger partial charge in [-0.1, -0.05) is 17.7 Å². The molecule has 1 saturated carbocycles. The Morgan fingerprint density at radius 3 is 2.45 bits per heavy atom. The molecule has 0 spiro atoms. The number of carbonyl (C=O) groups excluding carboxylic acids is 4. The van der Waals surface area contributed by atoms with Gasteiger partial charge in [0.2, 0.25) is 11.8 Å². The summed E-state index contributed by atoms with van der Waals surface area (Å²) in [5, 5.41) is 20.9. The number of nitrogens with one attached hydrogen (secondary N) is 2. The minimum Gasteiger partial charge on any atom is -0.331 e. The first kappa shape index (κ1) is 43.3. The van der Waals surface area contributed by atoms with Crippen LogP contribution in [0.4, 0.5) is 22.0 Å². The minimum absolute atomic E-state index is 0. The van der Waals surface area contributed by atoms with E-state index < -0.39 is 11.6 Å². The molecule has 14 nitrogen and oxygen atoms in total. The zero-order valence-electron chi connectivity index (χ0n) is 33.7. The van der Waals surface area contributed by atoms with Crippen molar-refractivity contribution >= 4 is 93.2 Å². The monoisotopic (exact) mass is 850 g/mol. The van der Waals surface area contributed by atoms with Gasteiger partial charge in [0, 0.05) is 56.6 Å². The van der Waals surface area contributed by atoms with Gasteiger partial charge in [-0.05, 0) is 121 Å². The van der Waals surface area contributed by atoms with Gasteiger partial charge in [-0.25, -0.2) is 4.79 Å². The van der Waals surface area contributed by atoms with Crippen LogP contribution in [0.5, 0.6) is 0 Å². The van der Waals surface area contributed by atoms with Crippen molar-refractivity contribution in [1.82, 2.24) is 29.8 Å². The quantitative estimate of drug-likeness (QED) is 0.231. The number of urea groups is 1. The molecule has 5 amide bonds. The molecule has 0 radical (unpaired) electrons. The van der Waals surface area contributed by atoms with Gasteiger partial charge < -0.3 is 15.1 Å². The standard InChI is InChI=1S/C41H51ClN10O4S.ClH/c1-25-22-48(18-7-8-27-11-14-29(15-12-27)52-40(57)51(38(55)41(52,3)4)30-16-13-28(21-43)32(42)20-30)23-26(2)50(25)24-35(54)44-33-10-6-9-31-36(33)47(5)46-37(31)49-19-17-34(53)45-39(49)56;/h6,9-10,13,16,20,25-27,29H,7-8,11-12,14-15,17-19,22-24H2,1-5H3,(H,44,54)(H,45,53,56);1H/t25-,26+,27-,29-;. The van der Waals surface area contributed by atoms with Crippen molar-refractivity contribution in [3.8, 4) is 6.07 Å². The zero-order valence-corrected chi connectivity index (χ0v) is 36.1. The molecule has 4 aliphatic rings. The van der Waals surface area contributed by atoms with Crippen LogP contribution in [0.25, 0.3) is 10.9 Å². The fourth-order valence-corrected chi connectivity index (χ4v) is 10.2. The highest BCUT2D eigenvalue weighted by molar-refractivity contribution is 7.80. The number of halogens is 2. The maximum atomic E-state index is 13.7. The summed E-state index contributed by atoms with van der Waals surface area (Å²) in [5.41, 5.74) is 1.50. The number of hydrogen-bond acceptors (Lipinski definition) is 9. The number of piperazine rings is 1. The number of aromatic nitrogens is 2. The minimum atomic E-state index is -0.777. The van der Waals surface area contributed by atoms with E-state index in [1.165, 1.54) is 4.90 Å². The van der Waals surface area contributed by atoms with Crippen molar-refractivity contribution < 1.29 is 19.2 Å². The second-order valence-electron chi connectivity index (χ2n) is 16.5. The van der Waals surface area contributed by atoms with Crippen LogP contribution in [0, 0.1) is 17.2 Å². The first-order valence-electron chi connectivity index (χ1n) is 19.9. The number of benzene rings is 2. The highest BCUT2D eigenvalue weighted by Gasteiger charge is 2.52. The van der Waals surface area contributed by atoms with E-state index in [1.807, 2.05) is 32.0 Å². The summed E-state index contributed by atoms with van der Waals surface area (Å²) in [4.78, 5) is 61.4. The summed E-state index contributed by atoms with van der Waals surface area (Å²) in [6.07, 6.45) is 6.61. The maximum Gasteiger partial charge on any atom is 0.329 e. The van der Waals surface area contributed by atoms with Crippen molar-refractivity contribution in [1.29, 1.82) is 5.26 Å². The van der Waals surface area contributed by atoms with Crippen LogP contribution in [-0.2, 0) is 21.4 Å². The molecule has 4 fully saturated rings. The fourth-order valence-electron chi connectivity index (χ4n) is 9.38. The number of para-hydroxylation sites is 1. The van der Waals surface area contributed by atoms with E-state index in [1.54, 1.807) is 34.8 Å². The van der Waals surface area contributed by atoms with E-state index in [2.05, 4.69) is 50.3 Å². The van der Waals surface area contributed by atoms with E-state index in [0.717, 1.165) is 63.5 Å². The fraction of sp³-hybridized carbons (Fsp3) is 0.537. The first-order chi connectivity index (χ1) is 27.2. The lowest BCUT2D eigenvalue weighted by atomic mass is 9.82. The van der Waals surface area contributed by atoms with Crippen LogP contribution in [-0.4, -0.2) is 110 Å². The number of fused-ring (bicyclic) bond motifs is 1. The summed E-state index contributed by atoms with van der Waals surface area (Å²) >= 11 is 12.2. The highest BCUT2D eigenvalue weighted by atomic mass is 35.5. The Hall–Kier alpha value is -4.33. The summed E-state index contributed by atoms with van der Waals surface area (Å²) in [7, 11) is 1.78. The molecule has 1 aromatic heterocycles. The van der Waals surface area contributed by atoms with Gasteiger partial charge >= 0.3 is 6.03 Å². The molecule has 1 aliphatic carbocycles. The molecule has 2 atom stereocenters. The van der Waals surface area contributed by atoms with Gasteiger partial charge in [0.15, 0.2) is 10.9 Å². The van der Waals surface area contributed by atoms with Gasteiger partial charge in [-0.2, -0.15) is 10.4 Å². The second-order valence-corrected chi connectivity index (χ2v) is 17.3. The molecule has 2 aromatic carbocycles. The molecule has 310 valence electrons. The zero-order chi connectivity index (χ0) is 40.8. The predicted octanol–water partition coefficient (Wildman–Crippen LogP) is 6.05. The summed E-state index contributed by atoms with van der Waals surface area (Å²) in [6, 6.07) is 12.7. The number of anilines is 3. The molecule has 3 saturated heterocycles. The Labute approximate surface area is 356 Å². The Bertz CT molecular complexity index is 2140. The number of imide groups is 1. The number of thiocarbonyl (C=S) groups is 1. The molecule has 17 heteroatoms. The normalized spacial score (nSPS) is 24.2. The lowest BCUT2D eigenvalue weighted by molar-refractivity contribution is -0.124. The Balaban J connectivity index is 0.00000567. The van der Waals surface area contributed by atoms with Gasteiger partial charge in [0.1, 0.15) is 11.6 Å². The molecule has 2 N–H and O–H groups in total. The molecular formula is C41H52Cl2N10O4S. The van der Waals surface area contributed by atoms with Crippen LogP contribution in [0.15, 0.2) is 36.4 Å². The number of hydrogen-bond donors (Lipinski definition) is 2. The van der Waals surface area contributed by atoms with E-state index >= 15 is 0 Å². The Morgan fingerprint density at radius 2 is 1.79 bits per heavy atom. The van der Waals surface area contributed by atoms with Gasteiger partial charge in [0.25, 0.3) is 5.91 Å². The lowest BCUT2D eigenvalue weighted by Crippen LogP contribution is -2.58. The van der Waals surface area contributed by atoms with Crippen molar-refractivity contribution in [2.45, 2.75) is 96.3 Å². The smallest absolute Gasteiger partial charge is 0.329 e. The number of rotatable bonds is 10. The molecule has 3 aromatic rings. The highest BCUT2D eigenvalue weighted by Crippen LogP contribution is 2.40. The van der Waals surface area contributed by atoms with Gasteiger partial charge in [-0.3, -0.25) is 39.1 Å². The maximum absolute atomic E-state index is 13.7. The number of nitrogens with zero attached hydrogens (tertiary/aromatic N) is 8. The van der Waals surface area contributed by atoms with Gasteiger partial charge in [-0.15, -0.1) is 12.4 Å². The number of amides is 5. The SMILES string of the molecule is C[C@@H]1CN(CCC[C@H]2CC[C@H](N3C(=S)N(c4ccc(C#N)c(Cl)c4)C(=O)C3(C)C)CC2)C[C@H](C)N1CC(=O)Nc1cccc2c(N3CCC(=O)NC3=O)nn(C)c12.Cl. The van der Waals surface area contributed by atoms with E-state index in [4.69, 9.17) is 23.8 Å². The summed E-state index contributed by atoms with van der Waals surface area (Å²) in [6.45, 7) is 11.6. The Kier molecular flexibility index (Phi) is 13.0. The topological polar surface area (TPSA) is 150 Å². The van der Waals surface area contributed by atoms with Crippen molar-refractivity contribution in [2.24, 2.45) is 13.0 Å². The second kappa shape index (κ2) is 17.5. The molecule has 0 unspecified atom stereocenters. The molecule has 0 bridgehead atoms. The average Bonchev–Trinajstić information content (AvgIpc) is 3.58.